The highest BCUT2D eigenvalue weighted by Crippen LogP contribution is 2.36. The maximum atomic E-state index is 6.47. The number of alkyl halides is 1. The van der Waals surface area contributed by atoms with Crippen LogP contribution in [0.15, 0.2) is 34.9 Å². The molecule has 14 heavy (non-hydrogen) atoms. The molecule has 2 aliphatic carbocycles. The van der Waals surface area contributed by atoms with Crippen molar-refractivity contribution < 1.29 is 0 Å². The van der Waals surface area contributed by atoms with Gasteiger partial charge in [-0.2, -0.15) is 0 Å². The summed E-state index contributed by atoms with van der Waals surface area (Å²) in [5, 5.41) is 0.840. The Balaban J connectivity index is 2.37. The lowest BCUT2D eigenvalue weighted by Gasteiger charge is -2.18. The Bertz CT molecular complexity index is 312. The Kier molecular flexibility index (Phi) is 3.04. The molecule has 0 nitrogen and oxygen atoms in total. The first-order valence-corrected chi connectivity index (χ1v) is 5.91. The SMILES string of the molecule is Cl[13C]1=CC2(Cl)C=CC=C1CCCCC2. The van der Waals surface area contributed by atoms with Crippen molar-refractivity contribution in [2.24, 2.45) is 0 Å². The van der Waals surface area contributed by atoms with Gasteiger partial charge in [-0.1, -0.05) is 42.7 Å². The van der Waals surface area contributed by atoms with E-state index in [1.807, 2.05) is 12.2 Å². The van der Waals surface area contributed by atoms with Crippen LogP contribution in [0, 0.1) is 0 Å². The quantitative estimate of drug-likeness (QED) is 0.423. The highest BCUT2D eigenvalue weighted by Gasteiger charge is 2.24. The molecular weight excluding hydrogens is 216 g/mol. The molecule has 0 heterocycles. The zero-order chi connectivity index (χ0) is 10.0. The Morgan fingerprint density at radius 2 is 2.07 bits per heavy atom. The Morgan fingerprint density at radius 3 is 2.93 bits per heavy atom. The zero-order valence-electron chi connectivity index (χ0n) is 8.10. The van der Waals surface area contributed by atoms with E-state index in [-0.39, 0.29) is 4.87 Å². The normalized spacial score (nSPS) is 32.4. The van der Waals surface area contributed by atoms with Crippen molar-refractivity contribution in [3.63, 3.8) is 0 Å². The summed E-state index contributed by atoms with van der Waals surface area (Å²) < 4.78 is 0. The monoisotopic (exact) mass is 229 g/mol. The minimum Gasteiger partial charge on any atom is -0.110 e. The van der Waals surface area contributed by atoms with Gasteiger partial charge in [0.1, 0.15) is 0 Å². The Hall–Kier alpha value is -0.200. The van der Waals surface area contributed by atoms with Crippen molar-refractivity contribution in [1.29, 1.82) is 0 Å². The lowest BCUT2D eigenvalue weighted by atomic mass is 10.00. The van der Waals surface area contributed by atoms with Gasteiger partial charge < -0.3 is 0 Å². The van der Waals surface area contributed by atoms with Crippen molar-refractivity contribution in [2.45, 2.75) is 37.0 Å². The van der Waals surface area contributed by atoms with Crippen LogP contribution in [-0.2, 0) is 0 Å². The molecule has 1 unspecified atom stereocenters. The summed E-state index contributed by atoms with van der Waals surface area (Å²) in [5.41, 5.74) is 1.23. The molecule has 0 spiro atoms. The molecule has 0 fully saturated rings. The first-order chi connectivity index (χ1) is 6.70. The number of hydrogen-bond donors (Lipinski definition) is 0. The Morgan fingerprint density at radius 1 is 1.21 bits per heavy atom. The average molecular weight is 230 g/mol. The number of halogens is 2. The van der Waals surface area contributed by atoms with Gasteiger partial charge in [0.2, 0.25) is 0 Å². The standard InChI is InChI=1S/C12H14Cl2/c13-11-9-12(14)7-3-1-2-5-10(11)6-4-8-12/h4,6,8-9H,1-3,5,7H2/i11+1. The third kappa shape index (κ3) is 2.24. The summed E-state index contributed by atoms with van der Waals surface area (Å²) in [6.07, 6.45) is 13.9. The molecule has 0 aromatic rings. The molecule has 0 amide bonds. The van der Waals surface area contributed by atoms with E-state index in [1.54, 1.807) is 0 Å². The largest absolute Gasteiger partial charge is 0.110 e. The van der Waals surface area contributed by atoms with Gasteiger partial charge in [-0.25, -0.2) is 0 Å². The molecule has 0 aromatic heterocycles. The van der Waals surface area contributed by atoms with Crippen LogP contribution in [0.5, 0.6) is 0 Å². The summed E-state index contributed by atoms with van der Waals surface area (Å²) in [6, 6.07) is 0. The average Bonchev–Trinajstić information content (AvgIpc) is 2.22. The van der Waals surface area contributed by atoms with E-state index in [9.17, 15) is 0 Å². The highest BCUT2D eigenvalue weighted by atomic mass is 35.5. The zero-order valence-corrected chi connectivity index (χ0v) is 9.61. The molecular formula is C12H14Cl2. The minimum atomic E-state index is -0.348. The minimum absolute atomic E-state index is 0.348. The fourth-order valence-corrected chi connectivity index (χ4v) is 2.73. The van der Waals surface area contributed by atoms with Crippen LogP contribution in [0.3, 0.4) is 0 Å². The molecule has 1 atom stereocenters. The number of hydrogen-bond acceptors (Lipinski definition) is 0. The molecule has 2 bridgehead atoms. The maximum Gasteiger partial charge on any atom is 0.0826 e. The molecule has 0 saturated carbocycles. The van der Waals surface area contributed by atoms with Gasteiger partial charge in [-0.3, -0.25) is 0 Å². The molecule has 2 heteroatoms. The van der Waals surface area contributed by atoms with Crippen LogP contribution in [0.2, 0.25) is 0 Å². The second kappa shape index (κ2) is 4.12. The van der Waals surface area contributed by atoms with Crippen molar-refractivity contribution in [2.75, 3.05) is 0 Å². The van der Waals surface area contributed by atoms with Gasteiger partial charge in [0.25, 0.3) is 0 Å². The van der Waals surface area contributed by atoms with Crippen LogP contribution in [-0.4, -0.2) is 4.87 Å². The van der Waals surface area contributed by atoms with Gasteiger partial charge in [0.05, 0.1) is 4.87 Å². The lowest BCUT2D eigenvalue weighted by molar-refractivity contribution is 0.618. The summed E-state index contributed by atoms with van der Waals surface area (Å²) >= 11 is 12.7. The molecule has 0 N–H and O–H groups in total. The van der Waals surface area contributed by atoms with Crippen molar-refractivity contribution in [1.82, 2.24) is 0 Å². The first-order valence-electron chi connectivity index (χ1n) is 5.16. The van der Waals surface area contributed by atoms with Crippen LogP contribution in [0.25, 0.3) is 0 Å². The molecule has 0 aromatic carbocycles. The fraction of sp³-hybridized carbons (Fsp3) is 0.500. The van der Waals surface area contributed by atoms with E-state index >= 15 is 0 Å². The van der Waals surface area contributed by atoms with Crippen LogP contribution < -0.4 is 0 Å². The molecule has 0 aliphatic heterocycles. The predicted molar refractivity (Wildman–Crippen MR) is 62.8 cm³/mol. The van der Waals surface area contributed by atoms with E-state index in [0.29, 0.717) is 0 Å². The first kappa shape index (κ1) is 10.3. The van der Waals surface area contributed by atoms with Gasteiger partial charge in [0.15, 0.2) is 0 Å². The molecule has 0 radical (unpaired) electrons. The van der Waals surface area contributed by atoms with Crippen molar-refractivity contribution in [3.8, 4) is 0 Å². The van der Waals surface area contributed by atoms with E-state index in [0.717, 1.165) is 17.9 Å². The molecule has 0 saturated heterocycles. The second-order valence-electron chi connectivity index (χ2n) is 4.03. The smallest absolute Gasteiger partial charge is 0.0826 e. The Labute approximate surface area is 95.3 Å². The summed E-state index contributed by atoms with van der Waals surface area (Å²) in [7, 11) is 0. The van der Waals surface area contributed by atoms with Crippen LogP contribution >= 0.6 is 23.2 Å². The summed E-state index contributed by atoms with van der Waals surface area (Å²) in [6.45, 7) is 0. The molecule has 76 valence electrons. The van der Waals surface area contributed by atoms with Crippen molar-refractivity contribution >= 4 is 23.2 Å². The predicted octanol–water partition coefficient (Wildman–Crippen LogP) is 4.55. The van der Waals surface area contributed by atoms with E-state index in [2.05, 4.69) is 12.2 Å². The molecule has 2 aliphatic rings. The summed E-state index contributed by atoms with van der Waals surface area (Å²) in [4.78, 5) is -0.348. The van der Waals surface area contributed by atoms with Gasteiger partial charge in [-0.05, 0) is 30.9 Å². The fourth-order valence-electron chi connectivity index (χ4n) is 2.00. The number of rotatable bonds is 0. The maximum absolute atomic E-state index is 6.47. The topological polar surface area (TPSA) is 0 Å². The van der Waals surface area contributed by atoms with E-state index < -0.39 is 0 Å². The number of fused-ring (bicyclic) bond motifs is 2. The van der Waals surface area contributed by atoms with E-state index in [1.165, 1.54) is 24.8 Å². The van der Waals surface area contributed by atoms with Crippen LogP contribution in [0.4, 0.5) is 0 Å². The highest BCUT2D eigenvalue weighted by molar-refractivity contribution is 6.34. The second-order valence-corrected chi connectivity index (χ2v) is 5.14. The summed E-state index contributed by atoms with van der Waals surface area (Å²) in [5.74, 6) is 0. The van der Waals surface area contributed by atoms with Crippen molar-refractivity contribution in [3.05, 3.63) is 34.9 Å². The third-order valence-electron chi connectivity index (χ3n) is 2.85. The van der Waals surface area contributed by atoms with Gasteiger partial charge >= 0.3 is 0 Å². The van der Waals surface area contributed by atoms with E-state index in [4.69, 9.17) is 23.2 Å². The van der Waals surface area contributed by atoms with Gasteiger partial charge in [0, 0.05) is 5.03 Å². The van der Waals surface area contributed by atoms with Crippen LogP contribution in [0.1, 0.15) is 32.1 Å². The lowest BCUT2D eigenvalue weighted by Crippen LogP contribution is -2.14. The molecule has 2 rings (SSSR count). The third-order valence-corrected chi connectivity index (χ3v) is 3.63. The number of allylic oxidation sites excluding steroid dienone is 6. The van der Waals surface area contributed by atoms with Gasteiger partial charge in [-0.15, -0.1) is 11.6 Å².